The van der Waals surface area contributed by atoms with Crippen LogP contribution in [0.25, 0.3) is 0 Å². The predicted molar refractivity (Wildman–Crippen MR) is 68.8 cm³/mol. The Hall–Kier alpha value is -0.950. The summed E-state index contributed by atoms with van der Waals surface area (Å²) in [6.45, 7) is 6.30. The van der Waals surface area contributed by atoms with Gasteiger partial charge in [-0.2, -0.15) is 0 Å². The molecule has 0 saturated heterocycles. The second-order valence-electron chi connectivity index (χ2n) is 3.79. The zero-order chi connectivity index (χ0) is 11.4. The lowest BCUT2D eigenvalue weighted by Crippen LogP contribution is -2.08. The molecule has 0 bridgehead atoms. The van der Waals surface area contributed by atoms with Crippen molar-refractivity contribution in [2.75, 3.05) is 11.9 Å². The first-order valence-corrected chi connectivity index (χ1v) is 5.60. The van der Waals surface area contributed by atoms with Gasteiger partial charge in [0, 0.05) is 7.05 Å². The maximum Gasteiger partial charge on any atom is 0.0645 e. The molecule has 2 heteroatoms. The first kappa shape index (κ1) is 12.1. The smallest absolute Gasteiger partial charge is 0.0645 e. The Balaban J connectivity index is 3.03. The number of hydrogen-bond donors (Lipinski definition) is 0. The molecule has 0 heterocycles. The first-order chi connectivity index (χ1) is 7.06. The van der Waals surface area contributed by atoms with Gasteiger partial charge in [-0.25, -0.2) is 0 Å². The van der Waals surface area contributed by atoms with Gasteiger partial charge in [-0.15, -0.1) is 0 Å². The van der Waals surface area contributed by atoms with E-state index in [2.05, 4.69) is 44.0 Å². The minimum absolute atomic E-state index is 0.807. The second kappa shape index (κ2) is 5.22. The maximum absolute atomic E-state index is 6.20. The molecule has 0 aliphatic carbocycles. The normalized spacial score (nSPS) is 11.0. The summed E-state index contributed by atoms with van der Waals surface area (Å²) in [6, 6.07) is 4.14. The van der Waals surface area contributed by atoms with Gasteiger partial charge in [0.1, 0.15) is 0 Å². The molecule has 1 rings (SSSR count). The van der Waals surface area contributed by atoms with E-state index in [0.717, 1.165) is 17.1 Å². The lowest BCUT2D eigenvalue weighted by atomic mass is 10.1. The van der Waals surface area contributed by atoms with Crippen molar-refractivity contribution in [1.29, 1.82) is 0 Å². The highest BCUT2D eigenvalue weighted by atomic mass is 35.5. The van der Waals surface area contributed by atoms with E-state index in [-0.39, 0.29) is 0 Å². The Kier molecular flexibility index (Phi) is 4.22. The predicted octanol–water partition coefficient (Wildman–Crippen LogP) is 4.32. The van der Waals surface area contributed by atoms with Crippen LogP contribution < -0.4 is 4.90 Å². The van der Waals surface area contributed by atoms with Crippen LogP contribution in [0, 0.1) is 13.8 Å². The van der Waals surface area contributed by atoms with Crippen molar-refractivity contribution in [1.82, 2.24) is 0 Å². The molecular formula is C13H18ClN. The molecular weight excluding hydrogens is 206 g/mol. The molecule has 0 saturated carbocycles. The Bertz CT molecular complexity index is 369. The average Bonchev–Trinajstić information content (AvgIpc) is 2.20. The average molecular weight is 224 g/mol. The summed E-state index contributed by atoms with van der Waals surface area (Å²) < 4.78 is 0. The minimum atomic E-state index is 0.807. The Labute approximate surface area is 97.4 Å². The van der Waals surface area contributed by atoms with Crippen molar-refractivity contribution in [2.45, 2.75) is 27.2 Å². The molecule has 0 spiro atoms. The number of allylic oxidation sites excluding steroid dienone is 1. The third kappa shape index (κ3) is 3.00. The molecule has 0 aliphatic rings. The van der Waals surface area contributed by atoms with Crippen LogP contribution in [-0.4, -0.2) is 7.05 Å². The Morgan fingerprint density at radius 2 is 1.87 bits per heavy atom. The molecule has 0 unspecified atom stereocenters. The van der Waals surface area contributed by atoms with Gasteiger partial charge in [0.05, 0.1) is 10.7 Å². The van der Waals surface area contributed by atoms with E-state index in [1.807, 2.05) is 13.1 Å². The number of aryl methyl sites for hydroxylation is 2. The molecule has 0 N–H and O–H groups in total. The molecule has 0 aromatic heterocycles. The molecule has 1 aromatic rings. The third-order valence-corrected chi connectivity index (χ3v) is 2.81. The topological polar surface area (TPSA) is 3.24 Å². The number of hydrogen-bond acceptors (Lipinski definition) is 1. The number of rotatable bonds is 3. The summed E-state index contributed by atoms with van der Waals surface area (Å²) in [7, 11) is 2.02. The standard InChI is InChI=1S/C13H18ClN/c1-5-6-7-15(4)13-9-11(3)10(2)8-12(13)14/h6-9H,5H2,1-4H3/b7-6-. The van der Waals surface area contributed by atoms with E-state index < -0.39 is 0 Å². The van der Waals surface area contributed by atoms with Crippen LogP contribution in [-0.2, 0) is 0 Å². The third-order valence-electron chi connectivity index (χ3n) is 2.51. The molecule has 1 nitrogen and oxygen atoms in total. The SMILES string of the molecule is CC/C=C\N(C)c1cc(C)c(C)cc1Cl. The Morgan fingerprint density at radius 1 is 1.27 bits per heavy atom. The molecule has 0 atom stereocenters. The van der Waals surface area contributed by atoms with Crippen molar-refractivity contribution < 1.29 is 0 Å². The van der Waals surface area contributed by atoms with Gasteiger partial charge in [0.15, 0.2) is 0 Å². The fourth-order valence-corrected chi connectivity index (χ4v) is 1.73. The summed E-state index contributed by atoms with van der Waals surface area (Å²) in [5.74, 6) is 0. The van der Waals surface area contributed by atoms with Crippen LogP contribution in [0.2, 0.25) is 5.02 Å². The zero-order valence-corrected chi connectivity index (χ0v) is 10.6. The van der Waals surface area contributed by atoms with Gasteiger partial charge in [-0.3, -0.25) is 0 Å². The molecule has 0 aliphatic heterocycles. The summed E-state index contributed by atoms with van der Waals surface area (Å²) in [4.78, 5) is 2.05. The second-order valence-corrected chi connectivity index (χ2v) is 4.20. The maximum atomic E-state index is 6.20. The molecule has 1 aromatic carbocycles. The van der Waals surface area contributed by atoms with E-state index in [1.54, 1.807) is 0 Å². The van der Waals surface area contributed by atoms with Crippen molar-refractivity contribution in [3.63, 3.8) is 0 Å². The summed E-state index contributed by atoms with van der Waals surface area (Å²) in [6.07, 6.45) is 5.20. The molecule has 0 amide bonds. The van der Waals surface area contributed by atoms with Gasteiger partial charge < -0.3 is 4.90 Å². The van der Waals surface area contributed by atoms with Gasteiger partial charge in [-0.1, -0.05) is 24.6 Å². The number of nitrogens with zero attached hydrogens (tertiary/aromatic N) is 1. The number of halogens is 1. The number of benzene rings is 1. The molecule has 0 fully saturated rings. The molecule has 0 radical (unpaired) electrons. The first-order valence-electron chi connectivity index (χ1n) is 5.22. The van der Waals surface area contributed by atoms with Gasteiger partial charge >= 0.3 is 0 Å². The highest BCUT2D eigenvalue weighted by molar-refractivity contribution is 6.33. The zero-order valence-electron chi connectivity index (χ0n) is 9.84. The van der Waals surface area contributed by atoms with E-state index in [9.17, 15) is 0 Å². The van der Waals surface area contributed by atoms with Crippen molar-refractivity contribution in [3.05, 3.63) is 40.6 Å². The quantitative estimate of drug-likeness (QED) is 0.738. The lowest BCUT2D eigenvalue weighted by molar-refractivity contribution is 1.14. The highest BCUT2D eigenvalue weighted by Crippen LogP contribution is 2.28. The minimum Gasteiger partial charge on any atom is -0.350 e. The largest absolute Gasteiger partial charge is 0.350 e. The monoisotopic (exact) mass is 223 g/mol. The van der Waals surface area contributed by atoms with Gasteiger partial charge in [-0.05, 0) is 49.7 Å². The summed E-state index contributed by atoms with van der Waals surface area (Å²) in [5.41, 5.74) is 3.56. The van der Waals surface area contributed by atoms with Crippen LogP contribution in [0.3, 0.4) is 0 Å². The van der Waals surface area contributed by atoms with Crippen LogP contribution in [0.4, 0.5) is 5.69 Å². The molecule has 15 heavy (non-hydrogen) atoms. The van der Waals surface area contributed by atoms with Crippen molar-refractivity contribution >= 4 is 17.3 Å². The summed E-state index contributed by atoms with van der Waals surface area (Å²) >= 11 is 6.20. The fourth-order valence-electron chi connectivity index (χ4n) is 1.38. The van der Waals surface area contributed by atoms with Crippen LogP contribution >= 0.6 is 11.6 Å². The highest BCUT2D eigenvalue weighted by Gasteiger charge is 2.05. The van der Waals surface area contributed by atoms with Crippen LogP contribution in [0.1, 0.15) is 24.5 Å². The van der Waals surface area contributed by atoms with Crippen molar-refractivity contribution in [2.24, 2.45) is 0 Å². The van der Waals surface area contributed by atoms with E-state index in [1.165, 1.54) is 11.1 Å². The van der Waals surface area contributed by atoms with E-state index >= 15 is 0 Å². The molecule has 82 valence electrons. The van der Waals surface area contributed by atoms with E-state index in [0.29, 0.717) is 0 Å². The van der Waals surface area contributed by atoms with Crippen LogP contribution in [0.5, 0.6) is 0 Å². The Morgan fingerprint density at radius 3 is 2.47 bits per heavy atom. The fraction of sp³-hybridized carbons (Fsp3) is 0.385. The summed E-state index contributed by atoms with van der Waals surface area (Å²) in [5, 5.41) is 0.807. The van der Waals surface area contributed by atoms with Gasteiger partial charge in [0.2, 0.25) is 0 Å². The van der Waals surface area contributed by atoms with Crippen LogP contribution in [0.15, 0.2) is 24.4 Å². The van der Waals surface area contributed by atoms with Gasteiger partial charge in [0.25, 0.3) is 0 Å². The number of anilines is 1. The van der Waals surface area contributed by atoms with E-state index in [4.69, 9.17) is 11.6 Å². The lowest BCUT2D eigenvalue weighted by Gasteiger charge is -2.17. The van der Waals surface area contributed by atoms with Crippen molar-refractivity contribution in [3.8, 4) is 0 Å².